The van der Waals surface area contributed by atoms with E-state index in [1.165, 1.54) is 31.4 Å². The van der Waals surface area contributed by atoms with Gasteiger partial charge >= 0.3 is 0 Å². The molecular formula is C15H16N2O3. The van der Waals surface area contributed by atoms with E-state index in [1.54, 1.807) is 6.07 Å². The van der Waals surface area contributed by atoms with E-state index in [1.807, 2.05) is 0 Å². The summed E-state index contributed by atoms with van der Waals surface area (Å²) < 4.78 is 5.29. The molecule has 2 fully saturated rings. The van der Waals surface area contributed by atoms with Crippen molar-refractivity contribution in [3.8, 4) is 23.0 Å². The standard InChI is InChI=1S/C15H16N2O3/c18-10-3-4-11(13(19)7-10)15-16-14(17-20-15)12-6-8-1-2-9(12)5-8/h3-4,7-9,12,18-19H,1-2,5-6H2. The lowest BCUT2D eigenvalue weighted by Crippen LogP contribution is -2.09. The highest BCUT2D eigenvalue weighted by Gasteiger charge is 2.42. The number of aromatic nitrogens is 2. The fraction of sp³-hybridized carbons (Fsp3) is 0.467. The number of fused-ring (bicyclic) bond motifs is 2. The Hall–Kier alpha value is -2.04. The number of aromatic hydroxyl groups is 2. The molecule has 1 aromatic carbocycles. The molecule has 0 spiro atoms. The summed E-state index contributed by atoms with van der Waals surface area (Å²) in [6.45, 7) is 0. The highest BCUT2D eigenvalue weighted by Crippen LogP contribution is 2.52. The Morgan fingerprint density at radius 3 is 2.75 bits per heavy atom. The van der Waals surface area contributed by atoms with E-state index in [-0.39, 0.29) is 11.5 Å². The van der Waals surface area contributed by atoms with Crippen LogP contribution in [0.1, 0.15) is 37.4 Å². The molecule has 1 aromatic heterocycles. The van der Waals surface area contributed by atoms with Gasteiger partial charge in [-0.05, 0) is 43.2 Å². The van der Waals surface area contributed by atoms with Crippen molar-refractivity contribution >= 4 is 0 Å². The van der Waals surface area contributed by atoms with Crippen LogP contribution in [0.15, 0.2) is 22.7 Å². The highest BCUT2D eigenvalue weighted by molar-refractivity contribution is 5.63. The molecular weight excluding hydrogens is 256 g/mol. The Kier molecular flexibility index (Phi) is 2.49. The van der Waals surface area contributed by atoms with E-state index >= 15 is 0 Å². The van der Waals surface area contributed by atoms with Crippen LogP contribution in [0.2, 0.25) is 0 Å². The lowest BCUT2D eigenvalue weighted by molar-refractivity contribution is 0.371. The lowest BCUT2D eigenvalue weighted by atomic mass is 9.88. The maximum Gasteiger partial charge on any atom is 0.261 e. The second kappa shape index (κ2) is 4.23. The topological polar surface area (TPSA) is 79.4 Å². The van der Waals surface area contributed by atoms with Gasteiger partial charge in [0.2, 0.25) is 0 Å². The van der Waals surface area contributed by atoms with Crippen molar-refractivity contribution in [2.24, 2.45) is 11.8 Å². The molecule has 104 valence electrons. The number of benzene rings is 1. The van der Waals surface area contributed by atoms with Crippen LogP contribution in [0.5, 0.6) is 11.5 Å². The average molecular weight is 272 g/mol. The Morgan fingerprint density at radius 1 is 1.15 bits per heavy atom. The van der Waals surface area contributed by atoms with Crippen molar-refractivity contribution in [2.45, 2.75) is 31.6 Å². The molecule has 2 N–H and O–H groups in total. The van der Waals surface area contributed by atoms with Gasteiger partial charge in [0.15, 0.2) is 5.82 Å². The molecule has 2 aromatic rings. The van der Waals surface area contributed by atoms with Gasteiger partial charge in [0.05, 0.1) is 5.56 Å². The minimum atomic E-state index is -0.0480. The summed E-state index contributed by atoms with van der Waals surface area (Å²) in [5, 5.41) is 23.2. The Labute approximate surface area is 116 Å². The van der Waals surface area contributed by atoms with Crippen molar-refractivity contribution in [3.05, 3.63) is 24.0 Å². The first-order valence-corrected chi connectivity index (χ1v) is 7.06. The Bertz CT molecular complexity index is 652. The molecule has 3 unspecified atom stereocenters. The summed E-state index contributed by atoms with van der Waals surface area (Å²) in [6.07, 6.45) is 5.05. The smallest absolute Gasteiger partial charge is 0.261 e. The van der Waals surface area contributed by atoms with Gasteiger partial charge in [-0.15, -0.1) is 0 Å². The van der Waals surface area contributed by atoms with Gasteiger partial charge in [-0.3, -0.25) is 0 Å². The monoisotopic (exact) mass is 272 g/mol. The Morgan fingerprint density at radius 2 is 2.05 bits per heavy atom. The first-order valence-electron chi connectivity index (χ1n) is 7.06. The van der Waals surface area contributed by atoms with Crippen LogP contribution >= 0.6 is 0 Å². The summed E-state index contributed by atoms with van der Waals surface area (Å²) in [7, 11) is 0. The fourth-order valence-corrected chi connectivity index (χ4v) is 3.76. The van der Waals surface area contributed by atoms with E-state index < -0.39 is 0 Å². The van der Waals surface area contributed by atoms with E-state index in [4.69, 9.17) is 4.52 Å². The summed E-state index contributed by atoms with van der Waals surface area (Å²) >= 11 is 0. The minimum absolute atomic E-state index is 0.0130. The van der Waals surface area contributed by atoms with Gasteiger partial charge in [0.25, 0.3) is 5.89 Å². The zero-order chi connectivity index (χ0) is 13.7. The number of hydrogen-bond donors (Lipinski definition) is 2. The van der Waals surface area contributed by atoms with Gasteiger partial charge in [-0.25, -0.2) is 0 Å². The van der Waals surface area contributed by atoms with Gasteiger partial charge in [0.1, 0.15) is 11.5 Å². The van der Waals surface area contributed by atoms with Crippen molar-refractivity contribution in [3.63, 3.8) is 0 Å². The van der Waals surface area contributed by atoms with Crippen LogP contribution in [0.3, 0.4) is 0 Å². The van der Waals surface area contributed by atoms with Gasteiger partial charge < -0.3 is 14.7 Å². The van der Waals surface area contributed by atoms with Crippen molar-refractivity contribution in [1.29, 1.82) is 0 Å². The third kappa shape index (κ3) is 1.77. The zero-order valence-corrected chi connectivity index (χ0v) is 11.0. The molecule has 2 aliphatic carbocycles. The number of nitrogens with zero attached hydrogens (tertiary/aromatic N) is 2. The molecule has 0 aliphatic heterocycles. The predicted octanol–water partition coefficient (Wildman–Crippen LogP) is 3.05. The van der Waals surface area contributed by atoms with Crippen LogP contribution in [-0.2, 0) is 0 Å². The fourth-order valence-electron chi connectivity index (χ4n) is 3.76. The van der Waals surface area contributed by atoms with Crippen molar-refractivity contribution in [1.82, 2.24) is 10.1 Å². The van der Waals surface area contributed by atoms with E-state index in [0.29, 0.717) is 23.3 Å². The quantitative estimate of drug-likeness (QED) is 0.878. The maximum absolute atomic E-state index is 9.84. The van der Waals surface area contributed by atoms with Crippen molar-refractivity contribution in [2.75, 3.05) is 0 Å². The minimum Gasteiger partial charge on any atom is -0.508 e. The molecule has 3 atom stereocenters. The third-order valence-electron chi connectivity index (χ3n) is 4.72. The molecule has 2 bridgehead atoms. The highest BCUT2D eigenvalue weighted by atomic mass is 16.5. The molecule has 4 rings (SSSR count). The van der Waals surface area contributed by atoms with Crippen LogP contribution < -0.4 is 0 Å². The first kappa shape index (κ1) is 11.8. The van der Waals surface area contributed by atoms with E-state index in [2.05, 4.69) is 10.1 Å². The molecule has 2 saturated carbocycles. The molecule has 2 aliphatic rings. The van der Waals surface area contributed by atoms with Gasteiger partial charge in [-0.1, -0.05) is 11.6 Å². The van der Waals surface area contributed by atoms with Crippen LogP contribution in [0.25, 0.3) is 11.5 Å². The van der Waals surface area contributed by atoms with E-state index in [0.717, 1.165) is 18.2 Å². The number of phenols is 2. The molecule has 0 amide bonds. The van der Waals surface area contributed by atoms with Crippen LogP contribution in [-0.4, -0.2) is 20.4 Å². The molecule has 0 radical (unpaired) electrons. The second-order valence-electron chi connectivity index (χ2n) is 5.94. The van der Waals surface area contributed by atoms with Crippen LogP contribution in [0, 0.1) is 11.8 Å². The van der Waals surface area contributed by atoms with E-state index in [9.17, 15) is 10.2 Å². The predicted molar refractivity (Wildman–Crippen MR) is 71.3 cm³/mol. The first-order chi connectivity index (χ1) is 9.70. The second-order valence-corrected chi connectivity index (χ2v) is 5.94. The summed E-state index contributed by atoms with van der Waals surface area (Å²) in [5.41, 5.74) is 0.463. The molecule has 20 heavy (non-hydrogen) atoms. The number of phenolic OH excluding ortho intramolecular Hbond substituents is 2. The number of rotatable bonds is 2. The van der Waals surface area contributed by atoms with Gasteiger partial charge in [0, 0.05) is 12.0 Å². The molecule has 5 nitrogen and oxygen atoms in total. The molecule has 5 heteroatoms. The summed E-state index contributed by atoms with van der Waals surface area (Å²) in [5.74, 6) is 2.98. The molecule has 0 saturated heterocycles. The van der Waals surface area contributed by atoms with Crippen molar-refractivity contribution < 1.29 is 14.7 Å². The normalized spacial score (nSPS) is 28.1. The zero-order valence-electron chi connectivity index (χ0n) is 11.0. The lowest BCUT2D eigenvalue weighted by Gasteiger charge is -2.17. The largest absolute Gasteiger partial charge is 0.508 e. The summed E-state index contributed by atoms with van der Waals surface area (Å²) in [6, 6.07) is 4.36. The number of hydrogen-bond acceptors (Lipinski definition) is 5. The van der Waals surface area contributed by atoms with Crippen LogP contribution in [0.4, 0.5) is 0 Å². The molecule has 1 heterocycles. The SMILES string of the molecule is Oc1ccc(-c2nc(C3CC4CCC3C4)no2)c(O)c1. The summed E-state index contributed by atoms with van der Waals surface area (Å²) in [4.78, 5) is 4.45. The Balaban J connectivity index is 1.65. The van der Waals surface area contributed by atoms with Gasteiger partial charge in [-0.2, -0.15) is 4.98 Å². The maximum atomic E-state index is 9.84. The third-order valence-corrected chi connectivity index (χ3v) is 4.72. The average Bonchev–Trinajstić information content (AvgIpc) is 3.14.